The average molecular weight is 326 g/mol. The van der Waals surface area contributed by atoms with Gasteiger partial charge in [-0.15, -0.1) is 11.3 Å². The lowest BCUT2D eigenvalue weighted by atomic mass is 10.1. The monoisotopic (exact) mass is 325 g/mol. The third kappa shape index (κ3) is 3.04. The molecule has 1 atom stereocenters. The summed E-state index contributed by atoms with van der Waals surface area (Å²) in [4.78, 5) is 3.02. The van der Waals surface area contributed by atoms with Crippen LogP contribution in [0.4, 0.5) is 0 Å². The molecule has 0 spiro atoms. The largest absolute Gasteiger partial charge is 0.305 e. The zero-order chi connectivity index (χ0) is 14.1. The van der Waals surface area contributed by atoms with E-state index < -0.39 is 0 Å². The molecule has 0 radical (unpaired) electrons. The standard InChI is InChI=1S/C16H17Cl2NS/c1-10(11-5-6-14(17)15(18)8-11)19-9-13-7-12-3-2-4-16(12)20-13/h5-8,10,19H,2-4,9H2,1H3. The lowest BCUT2D eigenvalue weighted by molar-refractivity contribution is 0.579. The van der Waals surface area contributed by atoms with Gasteiger partial charge in [-0.25, -0.2) is 0 Å². The van der Waals surface area contributed by atoms with Crippen molar-refractivity contribution < 1.29 is 0 Å². The van der Waals surface area contributed by atoms with E-state index in [1.165, 1.54) is 29.7 Å². The number of rotatable bonds is 4. The smallest absolute Gasteiger partial charge is 0.0595 e. The normalized spacial score (nSPS) is 15.3. The van der Waals surface area contributed by atoms with Crippen molar-refractivity contribution in [2.24, 2.45) is 0 Å². The molecule has 1 nitrogen and oxygen atoms in total. The van der Waals surface area contributed by atoms with E-state index in [9.17, 15) is 0 Å². The van der Waals surface area contributed by atoms with E-state index in [1.807, 2.05) is 29.5 Å². The number of hydrogen-bond acceptors (Lipinski definition) is 2. The topological polar surface area (TPSA) is 12.0 Å². The zero-order valence-electron chi connectivity index (χ0n) is 11.4. The SMILES string of the molecule is CC(NCc1cc2c(s1)CCC2)c1ccc(Cl)c(Cl)c1. The number of nitrogens with one attached hydrogen (secondary N) is 1. The fraction of sp³-hybridized carbons (Fsp3) is 0.375. The van der Waals surface area contributed by atoms with Gasteiger partial charge in [-0.1, -0.05) is 29.3 Å². The molecule has 0 fully saturated rings. The van der Waals surface area contributed by atoms with Gasteiger partial charge in [0.1, 0.15) is 0 Å². The Hall–Kier alpha value is -0.540. The number of fused-ring (bicyclic) bond motifs is 1. The molecule has 3 rings (SSSR count). The maximum atomic E-state index is 6.07. The van der Waals surface area contributed by atoms with Gasteiger partial charge in [-0.2, -0.15) is 0 Å². The van der Waals surface area contributed by atoms with Crippen LogP contribution in [0.15, 0.2) is 24.3 Å². The van der Waals surface area contributed by atoms with E-state index in [1.54, 1.807) is 10.4 Å². The lowest BCUT2D eigenvalue weighted by Gasteiger charge is -2.14. The minimum absolute atomic E-state index is 0.265. The first-order valence-electron chi connectivity index (χ1n) is 6.92. The maximum absolute atomic E-state index is 6.07. The van der Waals surface area contributed by atoms with Gasteiger partial charge in [0.25, 0.3) is 0 Å². The third-order valence-corrected chi connectivity index (χ3v) is 5.80. The maximum Gasteiger partial charge on any atom is 0.0595 e. The van der Waals surface area contributed by atoms with Crippen molar-refractivity contribution >= 4 is 34.5 Å². The van der Waals surface area contributed by atoms with Crippen LogP contribution in [0.5, 0.6) is 0 Å². The highest BCUT2D eigenvalue weighted by atomic mass is 35.5. The summed E-state index contributed by atoms with van der Waals surface area (Å²) in [6.07, 6.45) is 3.85. The summed E-state index contributed by atoms with van der Waals surface area (Å²) in [5.41, 5.74) is 2.73. The van der Waals surface area contributed by atoms with Crippen molar-refractivity contribution in [1.29, 1.82) is 0 Å². The Balaban J connectivity index is 1.63. The van der Waals surface area contributed by atoms with E-state index in [4.69, 9.17) is 23.2 Å². The Kier molecular flexibility index (Phi) is 4.37. The molecule has 0 saturated carbocycles. The highest BCUT2D eigenvalue weighted by Crippen LogP contribution is 2.31. The molecule has 4 heteroatoms. The van der Waals surface area contributed by atoms with Crippen molar-refractivity contribution in [2.75, 3.05) is 0 Å². The Bertz CT molecular complexity index is 599. The molecule has 106 valence electrons. The van der Waals surface area contributed by atoms with Crippen molar-refractivity contribution in [2.45, 2.75) is 38.8 Å². The molecule has 0 aliphatic heterocycles. The molecule has 1 aromatic heterocycles. The molecule has 1 aliphatic carbocycles. The molecule has 1 aromatic carbocycles. The van der Waals surface area contributed by atoms with Crippen LogP contribution in [0.3, 0.4) is 0 Å². The molecule has 20 heavy (non-hydrogen) atoms. The first kappa shape index (κ1) is 14.4. The fourth-order valence-electron chi connectivity index (χ4n) is 2.63. The van der Waals surface area contributed by atoms with Crippen LogP contribution < -0.4 is 5.32 Å². The van der Waals surface area contributed by atoms with Gasteiger partial charge >= 0.3 is 0 Å². The summed E-state index contributed by atoms with van der Waals surface area (Å²) >= 11 is 14.0. The Morgan fingerprint density at radius 1 is 1.20 bits per heavy atom. The van der Waals surface area contributed by atoms with E-state index >= 15 is 0 Å². The van der Waals surface area contributed by atoms with Crippen LogP contribution in [0, 0.1) is 0 Å². The first-order valence-corrected chi connectivity index (χ1v) is 8.49. The summed E-state index contributed by atoms with van der Waals surface area (Å²) < 4.78 is 0. The number of hydrogen-bond donors (Lipinski definition) is 1. The quantitative estimate of drug-likeness (QED) is 0.794. The van der Waals surface area contributed by atoms with Crippen LogP contribution >= 0.6 is 34.5 Å². The molecular weight excluding hydrogens is 309 g/mol. The Morgan fingerprint density at radius 2 is 2.05 bits per heavy atom. The number of aryl methyl sites for hydroxylation is 2. The summed E-state index contributed by atoms with van der Waals surface area (Å²) in [5.74, 6) is 0. The van der Waals surface area contributed by atoms with Gasteiger partial charge in [0.2, 0.25) is 0 Å². The van der Waals surface area contributed by atoms with Gasteiger partial charge in [-0.3, -0.25) is 0 Å². The second-order valence-corrected chi connectivity index (χ2v) is 7.33. The highest BCUT2D eigenvalue weighted by molar-refractivity contribution is 7.12. The fourth-order valence-corrected chi connectivity index (χ4v) is 4.15. The van der Waals surface area contributed by atoms with E-state index in [0.717, 1.165) is 6.54 Å². The van der Waals surface area contributed by atoms with Gasteiger partial charge in [0.15, 0.2) is 0 Å². The average Bonchev–Trinajstić information content (AvgIpc) is 3.00. The second kappa shape index (κ2) is 6.07. The Labute approximate surface area is 133 Å². The van der Waals surface area contributed by atoms with Gasteiger partial charge in [0, 0.05) is 22.3 Å². The van der Waals surface area contributed by atoms with Crippen molar-refractivity contribution in [3.8, 4) is 0 Å². The van der Waals surface area contributed by atoms with E-state index in [2.05, 4.69) is 18.3 Å². The molecule has 1 heterocycles. The minimum Gasteiger partial charge on any atom is -0.305 e. The molecule has 1 unspecified atom stereocenters. The second-order valence-electron chi connectivity index (χ2n) is 5.29. The molecule has 2 aromatic rings. The Morgan fingerprint density at radius 3 is 2.80 bits per heavy atom. The molecule has 0 saturated heterocycles. The summed E-state index contributed by atoms with van der Waals surface area (Å²) in [7, 11) is 0. The number of benzene rings is 1. The van der Waals surface area contributed by atoms with Crippen molar-refractivity contribution in [3.05, 3.63) is 55.2 Å². The van der Waals surface area contributed by atoms with Crippen molar-refractivity contribution in [3.63, 3.8) is 0 Å². The number of halogens is 2. The summed E-state index contributed by atoms with van der Waals surface area (Å²) in [5, 5.41) is 4.79. The first-order chi connectivity index (χ1) is 9.63. The van der Waals surface area contributed by atoms with Crippen LogP contribution in [0.2, 0.25) is 10.0 Å². The highest BCUT2D eigenvalue weighted by Gasteiger charge is 2.15. The summed E-state index contributed by atoms with van der Waals surface area (Å²) in [6.45, 7) is 3.07. The van der Waals surface area contributed by atoms with Crippen LogP contribution in [0.25, 0.3) is 0 Å². The molecule has 0 bridgehead atoms. The van der Waals surface area contributed by atoms with Gasteiger partial charge < -0.3 is 5.32 Å². The number of thiophene rings is 1. The van der Waals surface area contributed by atoms with Crippen molar-refractivity contribution in [1.82, 2.24) is 5.32 Å². The molecule has 1 N–H and O–H groups in total. The predicted octanol–water partition coefficient (Wildman–Crippen LogP) is 5.39. The molecule has 1 aliphatic rings. The van der Waals surface area contributed by atoms with Crippen LogP contribution in [0.1, 0.15) is 40.3 Å². The lowest BCUT2D eigenvalue weighted by Crippen LogP contribution is -2.17. The molecule has 0 amide bonds. The van der Waals surface area contributed by atoms with Gasteiger partial charge in [0.05, 0.1) is 10.0 Å². The van der Waals surface area contributed by atoms with E-state index in [0.29, 0.717) is 10.0 Å². The summed E-state index contributed by atoms with van der Waals surface area (Å²) in [6, 6.07) is 8.45. The minimum atomic E-state index is 0.265. The predicted molar refractivity (Wildman–Crippen MR) is 88.1 cm³/mol. The molecular formula is C16H17Cl2NS. The zero-order valence-corrected chi connectivity index (χ0v) is 13.7. The van der Waals surface area contributed by atoms with Gasteiger partial charge in [-0.05, 0) is 55.5 Å². The van der Waals surface area contributed by atoms with Crippen LogP contribution in [-0.2, 0) is 19.4 Å². The van der Waals surface area contributed by atoms with Crippen LogP contribution in [-0.4, -0.2) is 0 Å². The third-order valence-electron chi connectivity index (χ3n) is 3.82. The van der Waals surface area contributed by atoms with E-state index in [-0.39, 0.29) is 6.04 Å².